The Morgan fingerprint density at radius 1 is 1.38 bits per heavy atom. The van der Waals surface area contributed by atoms with Gasteiger partial charge in [-0.1, -0.05) is 24.3 Å². The minimum atomic E-state index is -0.411. The van der Waals surface area contributed by atoms with Crippen molar-refractivity contribution in [2.75, 3.05) is 0 Å². The van der Waals surface area contributed by atoms with Gasteiger partial charge in [-0.15, -0.1) is 11.8 Å². The average Bonchev–Trinajstić information content (AvgIpc) is 2.19. The van der Waals surface area contributed by atoms with Crippen LogP contribution in [0.15, 0.2) is 29.7 Å². The summed E-state index contributed by atoms with van der Waals surface area (Å²) in [6.07, 6.45) is 2.05. The summed E-state index contributed by atoms with van der Waals surface area (Å²) < 4.78 is -0.411. The van der Waals surface area contributed by atoms with Gasteiger partial charge < -0.3 is 0 Å². The predicted octanol–water partition coefficient (Wildman–Crippen LogP) is 3.14. The smallest absolute Gasteiger partial charge is 0.129 e. The van der Waals surface area contributed by atoms with E-state index in [1.807, 2.05) is 36.6 Å². The predicted molar refractivity (Wildman–Crippen MR) is 56.0 cm³/mol. The van der Waals surface area contributed by atoms with Crippen molar-refractivity contribution in [1.29, 1.82) is 5.26 Å². The molecule has 1 heterocycles. The van der Waals surface area contributed by atoms with Crippen LogP contribution in [0.25, 0.3) is 6.08 Å². The molecule has 1 aliphatic heterocycles. The van der Waals surface area contributed by atoms with E-state index in [1.54, 1.807) is 11.8 Å². The summed E-state index contributed by atoms with van der Waals surface area (Å²) in [5, 5.41) is 11.1. The van der Waals surface area contributed by atoms with Crippen LogP contribution >= 0.6 is 11.8 Å². The van der Waals surface area contributed by atoms with Gasteiger partial charge in [-0.2, -0.15) is 5.26 Å². The van der Waals surface area contributed by atoms with Crippen molar-refractivity contribution in [2.45, 2.75) is 11.7 Å². The van der Waals surface area contributed by atoms with Gasteiger partial charge in [0.05, 0.1) is 6.07 Å². The molecule has 0 fully saturated rings. The lowest BCUT2D eigenvalue weighted by Gasteiger charge is -2.24. The van der Waals surface area contributed by atoms with Crippen LogP contribution in [0, 0.1) is 11.3 Å². The van der Waals surface area contributed by atoms with Crippen molar-refractivity contribution in [3.63, 3.8) is 0 Å². The Bertz CT molecular complexity index is 403. The molecule has 0 spiro atoms. The maximum absolute atomic E-state index is 9.09. The van der Waals surface area contributed by atoms with Gasteiger partial charge in [-0.25, -0.2) is 0 Å². The van der Waals surface area contributed by atoms with Gasteiger partial charge >= 0.3 is 0 Å². The molecule has 0 N–H and O–H groups in total. The summed E-state index contributed by atoms with van der Waals surface area (Å²) in [7, 11) is 0. The second kappa shape index (κ2) is 2.93. The topological polar surface area (TPSA) is 23.8 Å². The largest absolute Gasteiger partial charge is 0.196 e. The minimum absolute atomic E-state index is 0.411. The Morgan fingerprint density at radius 3 is 2.92 bits per heavy atom. The number of nitrogens with zero attached hydrogens (tertiary/aromatic N) is 1. The van der Waals surface area contributed by atoms with E-state index in [0.717, 1.165) is 11.1 Å². The first-order chi connectivity index (χ1) is 6.26. The molecule has 0 bridgehead atoms. The highest BCUT2D eigenvalue weighted by Crippen LogP contribution is 2.42. The van der Waals surface area contributed by atoms with E-state index >= 15 is 0 Å². The Balaban J connectivity index is 2.64. The Kier molecular flexibility index (Phi) is 1.90. The van der Waals surface area contributed by atoms with Crippen molar-refractivity contribution >= 4 is 17.8 Å². The van der Waals surface area contributed by atoms with E-state index in [-0.39, 0.29) is 0 Å². The second-order valence-electron chi connectivity index (χ2n) is 3.15. The van der Waals surface area contributed by atoms with Crippen LogP contribution in [0.1, 0.15) is 18.1 Å². The van der Waals surface area contributed by atoms with E-state index in [4.69, 9.17) is 5.26 Å². The van der Waals surface area contributed by atoms with Gasteiger partial charge in [0.2, 0.25) is 0 Å². The van der Waals surface area contributed by atoms with E-state index in [1.165, 1.54) is 0 Å². The zero-order valence-electron chi connectivity index (χ0n) is 7.32. The molecule has 13 heavy (non-hydrogen) atoms. The number of hydrogen-bond donors (Lipinski definition) is 0. The molecular formula is C11H9NS. The van der Waals surface area contributed by atoms with Crippen molar-refractivity contribution < 1.29 is 0 Å². The van der Waals surface area contributed by atoms with Crippen molar-refractivity contribution in [3.8, 4) is 6.07 Å². The zero-order chi connectivity index (χ0) is 9.31. The molecule has 2 rings (SSSR count). The molecule has 1 aliphatic rings. The van der Waals surface area contributed by atoms with E-state index < -0.39 is 4.75 Å². The standard InChI is InChI=1S/C11H9NS/c1-11(8-12)10-5-3-2-4-9(10)6-7-13-11/h2-7H,1H3. The lowest BCUT2D eigenvalue weighted by molar-refractivity contribution is 0.895. The molecule has 1 aromatic rings. The van der Waals surface area contributed by atoms with Gasteiger partial charge in [0.15, 0.2) is 0 Å². The maximum Gasteiger partial charge on any atom is 0.129 e. The molecule has 1 unspecified atom stereocenters. The van der Waals surface area contributed by atoms with Crippen LogP contribution in [0.3, 0.4) is 0 Å². The van der Waals surface area contributed by atoms with E-state index in [2.05, 4.69) is 12.1 Å². The number of rotatable bonds is 0. The molecule has 0 amide bonds. The van der Waals surface area contributed by atoms with Crippen LogP contribution in [0.2, 0.25) is 0 Å². The van der Waals surface area contributed by atoms with Gasteiger partial charge in [0, 0.05) is 0 Å². The summed E-state index contributed by atoms with van der Waals surface area (Å²) in [5.41, 5.74) is 2.27. The van der Waals surface area contributed by atoms with Gasteiger partial charge in [-0.05, 0) is 29.5 Å². The van der Waals surface area contributed by atoms with Gasteiger partial charge in [0.1, 0.15) is 4.75 Å². The number of nitriles is 1. The zero-order valence-corrected chi connectivity index (χ0v) is 8.14. The molecule has 0 radical (unpaired) electrons. The fraction of sp³-hybridized carbons (Fsp3) is 0.182. The quantitative estimate of drug-likeness (QED) is 0.623. The number of fused-ring (bicyclic) bond motifs is 1. The normalized spacial score (nSPS) is 24.9. The van der Waals surface area contributed by atoms with E-state index in [0.29, 0.717) is 0 Å². The molecule has 2 heteroatoms. The Hall–Kier alpha value is -1.20. The summed E-state index contributed by atoms with van der Waals surface area (Å²) in [4.78, 5) is 0. The van der Waals surface area contributed by atoms with E-state index in [9.17, 15) is 0 Å². The third kappa shape index (κ3) is 1.26. The summed E-state index contributed by atoms with van der Waals surface area (Å²) in [5.74, 6) is 0. The molecule has 0 saturated heterocycles. The fourth-order valence-electron chi connectivity index (χ4n) is 1.47. The highest BCUT2D eigenvalue weighted by molar-refractivity contribution is 8.03. The molecule has 0 aromatic heterocycles. The van der Waals surface area contributed by atoms with Crippen LogP contribution < -0.4 is 0 Å². The third-order valence-electron chi connectivity index (χ3n) is 2.24. The molecular weight excluding hydrogens is 178 g/mol. The molecule has 1 nitrogen and oxygen atoms in total. The summed E-state index contributed by atoms with van der Waals surface area (Å²) in [6.45, 7) is 1.96. The number of thioether (sulfide) groups is 1. The Labute approximate surface area is 82.1 Å². The van der Waals surface area contributed by atoms with Crippen molar-refractivity contribution in [3.05, 3.63) is 40.8 Å². The van der Waals surface area contributed by atoms with Crippen molar-refractivity contribution in [1.82, 2.24) is 0 Å². The number of benzene rings is 1. The van der Waals surface area contributed by atoms with Crippen LogP contribution in [0.5, 0.6) is 0 Å². The summed E-state index contributed by atoms with van der Waals surface area (Å²) >= 11 is 1.57. The molecule has 1 aromatic carbocycles. The van der Waals surface area contributed by atoms with Gasteiger partial charge in [0.25, 0.3) is 0 Å². The maximum atomic E-state index is 9.09. The third-order valence-corrected chi connectivity index (χ3v) is 3.29. The summed E-state index contributed by atoms with van der Waals surface area (Å²) in [6, 6.07) is 10.4. The molecule has 64 valence electrons. The SMILES string of the molecule is CC1(C#N)SC=Cc2ccccc21. The van der Waals surface area contributed by atoms with Crippen LogP contribution in [-0.2, 0) is 4.75 Å². The van der Waals surface area contributed by atoms with Crippen molar-refractivity contribution in [2.24, 2.45) is 0 Å². The first-order valence-electron chi connectivity index (χ1n) is 4.11. The first-order valence-corrected chi connectivity index (χ1v) is 4.99. The fourth-order valence-corrected chi connectivity index (χ4v) is 2.32. The van der Waals surface area contributed by atoms with Gasteiger partial charge in [-0.3, -0.25) is 0 Å². The highest BCUT2D eigenvalue weighted by atomic mass is 32.2. The Morgan fingerprint density at radius 2 is 2.15 bits per heavy atom. The average molecular weight is 187 g/mol. The molecule has 1 atom stereocenters. The second-order valence-corrected chi connectivity index (χ2v) is 4.48. The molecule has 0 saturated carbocycles. The van der Waals surface area contributed by atoms with Crippen LogP contribution in [0.4, 0.5) is 0 Å². The minimum Gasteiger partial charge on any atom is -0.196 e. The highest BCUT2D eigenvalue weighted by Gasteiger charge is 2.30. The first kappa shape index (κ1) is 8.40. The number of hydrogen-bond acceptors (Lipinski definition) is 2. The lowest BCUT2D eigenvalue weighted by atomic mass is 9.95. The lowest BCUT2D eigenvalue weighted by Crippen LogP contribution is -2.16. The molecule has 0 aliphatic carbocycles. The van der Waals surface area contributed by atoms with Crippen LogP contribution in [-0.4, -0.2) is 0 Å². The monoisotopic (exact) mass is 187 g/mol.